The highest BCUT2D eigenvalue weighted by Gasteiger charge is 2.33. The Morgan fingerprint density at radius 1 is 0.892 bits per heavy atom. The number of nitrogens with one attached hydrogen (secondary N) is 3. The maximum absolute atomic E-state index is 13.3. The summed E-state index contributed by atoms with van der Waals surface area (Å²) < 4.78 is 0. The summed E-state index contributed by atoms with van der Waals surface area (Å²) in [5.41, 5.74) is 12.2. The first-order valence-corrected chi connectivity index (χ1v) is 12.8. The summed E-state index contributed by atoms with van der Waals surface area (Å²) in [6, 6.07) is 2.16. The molecule has 0 aliphatic heterocycles. The normalized spacial score (nSPS) is 15.2. The van der Waals surface area contributed by atoms with Crippen LogP contribution in [-0.4, -0.2) is 64.6 Å². The number of carbonyl (C=O) groups is 4. The van der Waals surface area contributed by atoms with E-state index in [1.54, 1.807) is 32.9 Å². The molecule has 0 heterocycles. The Hall–Kier alpha value is -3.18. The van der Waals surface area contributed by atoms with Crippen molar-refractivity contribution < 1.29 is 29.4 Å². The highest BCUT2D eigenvalue weighted by atomic mass is 16.4. The van der Waals surface area contributed by atoms with Gasteiger partial charge in [-0.2, -0.15) is 0 Å². The lowest BCUT2D eigenvalue weighted by molar-refractivity contribution is -0.144. The lowest BCUT2D eigenvalue weighted by atomic mass is 9.97. The minimum Gasteiger partial charge on any atom is -0.508 e. The van der Waals surface area contributed by atoms with Crippen LogP contribution >= 0.6 is 0 Å². The largest absolute Gasteiger partial charge is 0.508 e. The lowest BCUT2D eigenvalue weighted by Crippen LogP contribution is -2.59. The van der Waals surface area contributed by atoms with Crippen molar-refractivity contribution in [1.82, 2.24) is 16.0 Å². The van der Waals surface area contributed by atoms with E-state index >= 15 is 0 Å². The van der Waals surface area contributed by atoms with Gasteiger partial charge in [-0.1, -0.05) is 52.7 Å². The number of unbranched alkanes of at least 4 members (excludes halogenated alkanes) is 1. The number of aromatic hydroxyl groups is 1. The van der Waals surface area contributed by atoms with Gasteiger partial charge in [0.15, 0.2) is 0 Å². The Kier molecular flexibility index (Phi) is 13.6. The van der Waals surface area contributed by atoms with Crippen LogP contribution in [0.15, 0.2) is 24.3 Å². The average Bonchev–Trinajstić information content (AvgIpc) is 2.85. The minimum atomic E-state index is -1.15. The van der Waals surface area contributed by atoms with E-state index < -0.39 is 47.9 Å². The van der Waals surface area contributed by atoms with Gasteiger partial charge in [-0.05, 0) is 48.9 Å². The van der Waals surface area contributed by atoms with Gasteiger partial charge in [0.25, 0.3) is 0 Å². The number of phenols is 1. The number of carbonyl (C=O) groups excluding carboxylic acids is 3. The van der Waals surface area contributed by atoms with Crippen LogP contribution in [0.5, 0.6) is 5.75 Å². The maximum Gasteiger partial charge on any atom is 0.326 e. The summed E-state index contributed by atoms with van der Waals surface area (Å²) in [7, 11) is 0. The van der Waals surface area contributed by atoms with E-state index in [0.29, 0.717) is 31.4 Å². The highest BCUT2D eigenvalue weighted by Crippen LogP contribution is 2.13. The molecule has 5 unspecified atom stereocenters. The minimum absolute atomic E-state index is 0.0570. The second-order valence-corrected chi connectivity index (χ2v) is 9.76. The summed E-state index contributed by atoms with van der Waals surface area (Å²) in [6.45, 7) is 7.49. The van der Waals surface area contributed by atoms with Crippen molar-refractivity contribution in [1.29, 1.82) is 0 Å². The molecule has 0 aliphatic rings. The number of hydrogen-bond donors (Lipinski definition) is 7. The number of hydrogen-bond acceptors (Lipinski definition) is 7. The standard InChI is InChI=1S/C26H43N5O6/c1-5-16(4)22(26(36)37)31-25(35)21(15(2)3)30-24(34)20(14-17-9-11-18(32)12-10-17)29-23(33)19(28)8-6-7-13-27/h9-12,15-16,19-22,32H,5-8,13-14,27-28H2,1-4H3,(H,29,33)(H,30,34)(H,31,35)(H,36,37). The smallest absolute Gasteiger partial charge is 0.326 e. The van der Waals surface area contributed by atoms with Crippen molar-refractivity contribution in [2.75, 3.05) is 6.54 Å². The molecular weight excluding hydrogens is 478 g/mol. The zero-order valence-corrected chi connectivity index (χ0v) is 22.2. The van der Waals surface area contributed by atoms with Crippen molar-refractivity contribution in [3.63, 3.8) is 0 Å². The third-order valence-corrected chi connectivity index (χ3v) is 6.34. The zero-order valence-electron chi connectivity index (χ0n) is 22.2. The topological polar surface area (TPSA) is 197 Å². The van der Waals surface area contributed by atoms with Crippen LogP contribution in [0.25, 0.3) is 0 Å². The first-order chi connectivity index (χ1) is 17.4. The van der Waals surface area contributed by atoms with E-state index in [4.69, 9.17) is 11.5 Å². The number of carboxylic acid groups (broad SMARTS) is 1. The average molecular weight is 522 g/mol. The van der Waals surface area contributed by atoms with Gasteiger partial charge in [0.2, 0.25) is 17.7 Å². The van der Waals surface area contributed by atoms with E-state index in [0.717, 1.165) is 6.42 Å². The van der Waals surface area contributed by atoms with Crippen molar-refractivity contribution >= 4 is 23.7 Å². The van der Waals surface area contributed by atoms with Gasteiger partial charge in [-0.15, -0.1) is 0 Å². The van der Waals surface area contributed by atoms with Gasteiger partial charge in [0.1, 0.15) is 23.9 Å². The molecule has 0 fully saturated rings. The molecule has 3 amide bonds. The molecule has 0 aliphatic carbocycles. The number of phenolic OH excluding ortho intramolecular Hbond substituents is 1. The van der Waals surface area contributed by atoms with E-state index in [1.165, 1.54) is 12.1 Å². The van der Waals surface area contributed by atoms with Crippen LogP contribution in [0, 0.1) is 11.8 Å². The number of carboxylic acids is 1. The molecule has 1 rings (SSSR count). The third kappa shape index (κ3) is 10.8. The molecule has 0 saturated carbocycles. The van der Waals surface area contributed by atoms with E-state index in [-0.39, 0.29) is 24.0 Å². The van der Waals surface area contributed by atoms with Gasteiger partial charge >= 0.3 is 5.97 Å². The number of amides is 3. The van der Waals surface area contributed by atoms with Gasteiger partial charge in [0, 0.05) is 6.42 Å². The molecule has 37 heavy (non-hydrogen) atoms. The molecule has 0 bridgehead atoms. The summed E-state index contributed by atoms with van der Waals surface area (Å²) in [5, 5.41) is 27.0. The summed E-state index contributed by atoms with van der Waals surface area (Å²) in [5.74, 6) is -3.52. The second kappa shape index (κ2) is 15.8. The predicted molar refractivity (Wildman–Crippen MR) is 140 cm³/mol. The summed E-state index contributed by atoms with van der Waals surface area (Å²) in [6.07, 6.45) is 2.42. The van der Waals surface area contributed by atoms with E-state index in [1.807, 2.05) is 6.92 Å². The van der Waals surface area contributed by atoms with Crippen LogP contribution in [0.2, 0.25) is 0 Å². The van der Waals surface area contributed by atoms with E-state index in [9.17, 15) is 29.4 Å². The van der Waals surface area contributed by atoms with Gasteiger partial charge in [-0.25, -0.2) is 4.79 Å². The maximum atomic E-state index is 13.3. The fourth-order valence-electron chi connectivity index (χ4n) is 3.71. The molecule has 0 spiro atoms. The molecule has 11 heteroatoms. The summed E-state index contributed by atoms with van der Waals surface area (Å²) >= 11 is 0. The number of rotatable bonds is 16. The molecule has 208 valence electrons. The van der Waals surface area contributed by atoms with Crippen LogP contribution in [0.1, 0.15) is 58.9 Å². The SMILES string of the molecule is CCC(C)C(NC(=O)C(NC(=O)C(Cc1ccc(O)cc1)NC(=O)C(N)CCCCN)C(C)C)C(=O)O. The lowest BCUT2D eigenvalue weighted by Gasteiger charge is -2.28. The Bertz CT molecular complexity index is 892. The molecule has 0 aromatic heterocycles. The number of aliphatic carboxylic acids is 1. The van der Waals surface area contributed by atoms with Crippen molar-refractivity contribution in [3.05, 3.63) is 29.8 Å². The fraction of sp³-hybridized carbons (Fsp3) is 0.615. The Morgan fingerprint density at radius 2 is 1.49 bits per heavy atom. The molecule has 0 saturated heterocycles. The van der Waals surface area contributed by atoms with E-state index in [2.05, 4.69) is 16.0 Å². The van der Waals surface area contributed by atoms with Gasteiger partial charge < -0.3 is 37.6 Å². The third-order valence-electron chi connectivity index (χ3n) is 6.34. The van der Waals surface area contributed by atoms with Crippen molar-refractivity contribution in [3.8, 4) is 5.75 Å². The Morgan fingerprint density at radius 3 is 2.00 bits per heavy atom. The quantitative estimate of drug-likeness (QED) is 0.154. The Balaban J connectivity index is 3.09. The Labute approximate surface area is 218 Å². The molecule has 1 aromatic carbocycles. The molecule has 0 radical (unpaired) electrons. The number of nitrogens with two attached hydrogens (primary N) is 2. The van der Waals surface area contributed by atoms with Gasteiger partial charge in [-0.3, -0.25) is 14.4 Å². The van der Waals surface area contributed by atoms with Gasteiger partial charge in [0.05, 0.1) is 6.04 Å². The molecule has 5 atom stereocenters. The monoisotopic (exact) mass is 521 g/mol. The second-order valence-electron chi connectivity index (χ2n) is 9.76. The molecule has 9 N–H and O–H groups in total. The zero-order chi connectivity index (χ0) is 28.1. The number of benzene rings is 1. The summed E-state index contributed by atoms with van der Waals surface area (Å²) in [4.78, 5) is 50.8. The fourth-order valence-corrected chi connectivity index (χ4v) is 3.71. The van der Waals surface area contributed by atoms with Crippen LogP contribution < -0.4 is 27.4 Å². The van der Waals surface area contributed by atoms with Crippen molar-refractivity contribution in [2.24, 2.45) is 23.3 Å². The molecular formula is C26H43N5O6. The highest BCUT2D eigenvalue weighted by molar-refractivity contribution is 5.94. The molecule has 11 nitrogen and oxygen atoms in total. The van der Waals surface area contributed by atoms with Crippen LogP contribution in [0.3, 0.4) is 0 Å². The first kappa shape index (κ1) is 31.8. The van der Waals surface area contributed by atoms with Crippen LogP contribution in [-0.2, 0) is 25.6 Å². The van der Waals surface area contributed by atoms with Crippen molar-refractivity contribution in [2.45, 2.75) is 84.0 Å². The first-order valence-electron chi connectivity index (χ1n) is 12.8. The predicted octanol–water partition coefficient (Wildman–Crippen LogP) is 0.632. The van der Waals surface area contributed by atoms with Crippen LogP contribution in [0.4, 0.5) is 0 Å². The molecule has 1 aromatic rings.